The smallest absolute Gasteiger partial charge is 0.251 e. The molecule has 2 rings (SSSR count). The van der Waals surface area contributed by atoms with Crippen molar-refractivity contribution in [3.05, 3.63) is 58.9 Å². The minimum atomic E-state index is -0.579. The molecule has 0 aliphatic heterocycles. The van der Waals surface area contributed by atoms with E-state index in [2.05, 4.69) is 10.6 Å². The van der Waals surface area contributed by atoms with Gasteiger partial charge in [0.15, 0.2) is 0 Å². The van der Waals surface area contributed by atoms with Gasteiger partial charge in [-0.2, -0.15) is 0 Å². The molecule has 0 radical (unpaired) electrons. The van der Waals surface area contributed by atoms with Crippen molar-refractivity contribution in [3.63, 3.8) is 0 Å². The molecule has 0 saturated heterocycles. The summed E-state index contributed by atoms with van der Waals surface area (Å²) in [6.07, 6.45) is 0. The van der Waals surface area contributed by atoms with Crippen LogP contribution < -0.4 is 10.6 Å². The summed E-state index contributed by atoms with van der Waals surface area (Å²) < 4.78 is 13.0. The molecular formula is C15H12ClFN2O3. The number of amides is 2. The summed E-state index contributed by atoms with van der Waals surface area (Å²) in [6.45, 7) is -0.332. The van der Waals surface area contributed by atoms with Crippen LogP contribution in [0.4, 0.5) is 10.1 Å². The van der Waals surface area contributed by atoms with Crippen LogP contribution in [0.2, 0.25) is 5.02 Å². The van der Waals surface area contributed by atoms with Gasteiger partial charge in [0.05, 0.1) is 12.2 Å². The third-order valence-corrected chi connectivity index (χ3v) is 2.96. The first-order valence-electron chi connectivity index (χ1n) is 6.28. The van der Waals surface area contributed by atoms with Crippen LogP contribution in [0.15, 0.2) is 42.5 Å². The standard InChI is InChI=1S/C15H12ClFN2O3/c16-10-4-5-13(20)12(7-10)19-14(21)8-18-15(22)9-2-1-3-11(17)6-9/h1-7,20H,8H2,(H,18,22)(H,19,21). The number of phenolic OH excluding ortho intramolecular Hbond substituents is 1. The quantitative estimate of drug-likeness (QED) is 0.757. The number of anilines is 1. The molecule has 0 atom stereocenters. The van der Waals surface area contributed by atoms with Crippen molar-refractivity contribution in [1.29, 1.82) is 0 Å². The van der Waals surface area contributed by atoms with Crippen molar-refractivity contribution in [3.8, 4) is 5.75 Å². The first-order valence-corrected chi connectivity index (χ1v) is 6.65. The summed E-state index contributed by atoms with van der Waals surface area (Å²) in [5.74, 6) is -1.82. The highest BCUT2D eigenvalue weighted by molar-refractivity contribution is 6.31. The highest BCUT2D eigenvalue weighted by Gasteiger charge is 2.10. The van der Waals surface area contributed by atoms with E-state index in [1.807, 2.05) is 0 Å². The first kappa shape index (κ1) is 15.8. The Labute approximate surface area is 130 Å². The fraction of sp³-hybridized carbons (Fsp3) is 0.0667. The van der Waals surface area contributed by atoms with Crippen LogP contribution in [0.5, 0.6) is 5.75 Å². The molecule has 3 N–H and O–H groups in total. The monoisotopic (exact) mass is 322 g/mol. The molecule has 5 nitrogen and oxygen atoms in total. The van der Waals surface area contributed by atoms with E-state index in [0.717, 1.165) is 6.07 Å². The Balaban J connectivity index is 1.93. The van der Waals surface area contributed by atoms with E-state index < -0.39 is 17.6 Å². The minimum Gasteiger partial charge on any atom is -0.506 e. The van der Waals surface area contributed by atoms with Crippen molar-refractivity contribution in [1.82, 2.24) is 5.32 Å². The summed E-state index contributed by atoms with van der Waals surface area (Å²) in [6, 6.07) is 9.29. The molecule has 2 aromatic rings. The molecule has 7 heteroatoms. The van der Waals surface area contributed by atoms with Gasteiger partial charge in [-0.1, -0.05) is 17.7 Å². The molecule has 0 saturated carbocycles. The molecule has 0 bridgehead atoms. The molecule has 22 heavy (non-hydrogen) atoms. The maximum Gasteiger partial charge on any atom is 0.251 e. The van der Waals surface area contributed by atoms with E-state index in [1.54, 1.807) is 0 Å². The summed E-state index contributed by atoms with van der Waals surface area (Å²) in [4.78, 5) is 23.5. The first-order chi connectivity index (χ1) is 10.5. The van der Waals surface area contributed by atoms with E-state index in [-0.39, 0.29) is 23.5 Å². The average Bonchev–Trinajstić information content (AvgIpc) is 2.48. The van der Waals surface area contributed by atoms with Crippen LogP contribution >= 0.6 is 11.6 Å². The van der Waals surface area contributed by atoms with E-state index in [0.29, 0.717) is 5.02 Å². The Hall–Kier alpha value is -2.60. The number of rotatable bonds is 4. The van der Waals surface area contributed by atoms with Crippen molar-refractivity contribution < 1.29 is 19.1 Å². The zero-order valence-corrected chi connectivity index (χ0v) is 12.0. The Morgan fingerprint density at radius 2 is 1.95 bits per heavy atom. The van der Waals surface area contributed by atoms with Crippen molar-refractivity contribution in [2.45, 2.75) is 0 Å². The Kier molecular flexibility index (Phi) is 4.95. The fourth-order valence-corrected chi connectivity index (χ4v) is 1.87. The number of carbonyl (C=O) groups excluding carboxylic acids is 2. The molecule has 2 amide bonds. The third-order valence-electron chi connectivity index (χ3n) is 2.73. The molecule has 0 unspecified atom stereocenters. The number of halogens is 2. The Morgan fingerprint density at radius 1 is 1.18 bits per heavy atom. The normalized spacial score (nSPS) is 10.1. The lowest BCUT2D eigenvalue weighted by atomic mass is 10.2. The van der Waals surface area contributed by atoms with Gasteiger partial charge in [-0.05, 0) is 36.4 Å². The number of nitrogens with one attached hydrogen (secondary N) is 2. The van der Waals surface area contributed by atoms with Crippen LogP contribution in [0, 0.1) is 5.82 Å². The number of hydrogen-bond acceptors (Lipinski definition) is 3. The maximum absolute atomic E-state index is 13.0. The average molecular weight is 323 g/mol. The van der Waals surface area contributed by atoms with Gasteiger partial charge in [0, 0.05) is 10.6 Å². The molecular weight excluding hydrogens is 311 g/mol. The summed E-state index contributed by atoms with van der Waals surface area (Å²) in [5, 5.41) is 14.7. The van der Waals surface area contributed by atoms with Gasteiger partial charge >= 0.3 is 0 Å². The molecule has 0 heterocycles. The number of aromatic hydroxyl groups is 1. The fourth-order valence-electron chi connectivity index (χ4n) is 1.70. The van der Waals surface area contributed by atoms with Crippen LogP contribution in [0.1, 0.15) is 10.4 Å². The highest BCUT2D eigenvalue weighted by Crippen LogP contribution is 2.26. The topological polar surface area (TPSA) is 78.4 Å². The van der Waals surface area contributed by atoms with Crippen LogP contribution in [-0.4, -0.2) is 23.5 Å². The Bertz CT molecular complexity index is 722. The second-order valence-corrected chi connectivity index (χ2v) is 4.84. The van der Waals surface area contributed by atoms with Crippen LogP contribution in [0.3, 0.4) is 0 Å². The highest BCUT2D eigenvalue weighted by atomic mass is 35.5. The molecule has 0 aliphatic rings. The van der Waals surface area contributed by atoms with E-state index >= 15 is 0 Å². The molecule has 114 valence electrons. The minimum absolute atomic E-state index is 0.110. The lowest BCUT2D eigenvalue weighted by molar-refractivity contribution is -0.115. The van der Waals surface area contributed by atoms with Crippen LogP contribution in [-0.2, 0) is 4.79 Å². The second kappa shape index (κ2) is 6.91. The van der Waals surface area contributed by atoms with Gasteiger partial charge in [-0.25, -0.2) is 4.39 Å². The number of benzene rings is 2. The second-order valence-electron chi connectivity index (χ2n) is 4.40. The van der Waals surface area contributed by atoms with Gasteiger partial charge in [-0.15, -0.1) is 0 Å². The van der Waals surface area contributed by atoms with Gasteiger partial charge in [0.25, 0.3) is 5.91 Å². The summed E-state index contributed by atoms with van der Waals surface area (Å²) in [7, 11) is 0. The zero-order valence-electron chi connectivity index (χ0n) is 11.3. The van der Waals surface area contributed by atoms with E-state index in [4.69, 9.17) is 11.6 Å². The predicted molar refractivity (Wildman–Crippen MR) is 80.5 cm³/mol. The van der Waals surface area contributed by atoms with Crippen LogP contribution in [0.25, 0.3) is 0 Å². The summed E-state index contributed by atoms with van der Waals surface area (Å²) >= 11 is 5.75. The lowest BCUT2D eigenvalue weighted by Crippen LogP contribution is -2.32. The zero-order chi connectivity index (χ0) is 16.1. The van der Waals surface area contributed by atoms with Gasteiger partial charge < -0.3 is 15.7 Å². The van der Waals surface area contributed by atoms with Gasteiger partial charge in [0.2, 0.25) is 5.91 Å². The number of carbonyl (C=O) groups is 2. The van der Waals surface area contributed by atoms with Gasteiger partial charge in [0.1, 0.15) is 11.6 Å². The van der Waals surface area contributed by atoms with E-state index in [1.165, 1.54) is 36.4 Å². The lowest BCUT2D eigenvalue weighted by Gasteiger charge is -2.09. The number of phenols is 1. The summed E-state index contributed by atoms with van der Waals surface area (Å²) in [5.41, 5.74) is 0.246. The Morgan fingerprint density at radius 3 is 2.68 bits per heavy atom. The SMILES string of the molecule is O=C(CNC(=O)c1cccc(F)c1)Nc1cc(Cl)ccc1O. The third kappa shape index (κ3) is 4.20. The van der Waals surface area contributed by atoms with Crippen molar-refractivity contribution in [2.24, 2.45) is 0 Å². The van der Waals surface area contributed by atoms with Crippen molar-refractivity contribution >= 4 is 29.1 Å². The van der Waals surface area contributed by atoms with E-state index in [9.17, 15) is 19.1 Å². The molecule has 0 spiro atoms. The maximum atomic E-state index is 13.0. The molecule has 0 aliphatic carbocycles. The predicted octanol–water partition coefficient (Wildman–Crippen LogP) is 2.55. The van der Waals surface area contributed by atoms with Crippen molar-refractivity contribution in [2.75, 3.05) is 11.9 Å². The largest absolute Gasteiger partial charge is 0.506 e. The van der Waals surface area contributed by atoms with Gasteiger partial charge in [-0.3, -0.25) is 9.59 Å². The molecule has 0 aromatic heterocycles. The molecule has 2 aromatic carbocycles. The number of hydrogen-bond donors (Lipinski definition) is 3. The molecule has 0 fully saturated rings.